The van der Waals surface area contributed by atoms with Crippen LogP contribution in [0.1, 0.15) is 63.6 Å². The van der Waals surface area contributed by atoms with Gasteiger partial charge >= 0.3 is 6.09 Å². The first kappa shape index (κ1) is 31.6. The van der Waals surface area contributed by atoms with Crippen molar-refractivity contribution in [3.8, 4) is 11.1 Å². The number of piperazine rings is 1. The fourth-order valence-electron chi connectivity index (χ4n) is 4.83. The molecule has 1 atom stereocenters. The molecule has 11 heteroatoms. The summed E-state index contributed by atoms with van der Waals surface area (Å²) in [5, 5.41) is 0.112. The van der Waals surface area contributed by atoms with Crippen molar-refractivity contribution in [2.45, 2.75) is 65.5 Å². The predicted octanol–water partition coefficient (Wildman–Crippen LogP) is 7.32. The van der Waals surface area contributed by atoms with Crippen molar-refractivity contribution >= 4 is 40.8 Å². The largest absolute Gasteiger partial charge is 0.444 e. The molecule has 0 saturated carbocycles. The number of hydrogen-bond donors (Lipinski definition) is 0. The zero-order chi connectivity index (χ0) is 30.8. The highest BCUT2D eigenvalue weighted by molar-refractivity contribution is 7.09. The third-order valence-corrected chi connectivity index (χ3v) is 7.94. The van der Waals surface area contributed by atoms with Gasteiger partial charge in [-0.2, -0.15) is 4.99 Å². The smallest absolute Gasteiger partial charge is 0.410 e. The molecule has 1 saturated heterocycles. The van der Waals surface area contributed by atoms with Crippen LogP contribution in [-0.2, 0) is 16.0 Å². The molecule has 1 aromatic heterocycles. The molecule has 1 aliphatic heterocycles. The lowest BCUT2D eigenvalue weighted by Gasteiger charge is -2.41. The van der Waals surface area contributed by atoms with Crippen LogP contribution in [0.2, 0.25) is 5.02 Å². The molecule has 224 valence electrons. The Labute approximate surface area is 254 Å². The van der Waals surface area contributed by atoms with Crippen molar-refractivity contribution in [2.24, 2.45) is 4.99 Å². The quantitative estimate of drug-likeness (QED) is 0.222. The highest BCUT2D eigenvalue weighted by Gasteiger charge is 2.33. The Kier molecular flexibility index (Phi) is 9.67. The fourth-order valence-corrected chi connectivity index (χ4v) is 6.00. The van der Waals surface area contributed by atoms with Crippen molar-refractivity contribution in [3.05, 3.63) is 74.7 Å². The third-order valence-electron chi connectivity index (χ3n) is 6.77. The molecule has 1 fully saturated rings. The van der Waals surface area contributed by atoms with E-state index >= 15 is 4.39 Å². The minimum absolute atomic E-state index is 0.0105. The second-order valence-corrected chi connectivity index (χ2v) is 12.9. The summed E-state index contributed by atoms with van der Waals surface area (Å²) >= 11 is 7.97. The average molecular weight is 617 g/mol. The van der Waals surface area contributed by atoms with Gasteiger partial charge in [-0.25, -0.2) is 18.6 Å². The van der Waals surface area contributed by atoms with Crippen LogP contribution in [0.15, 0.2) is 46.9 Å². The Morgan fingerprint density at radius 3 is 2.50 bits per heavy atom. The van der Waals surface area contributed by atoms with Crippen molar-refractivity contribution in [1.82, 2.24) is 14.8 Å². The maximum Gasteiger partial charge on any atom is 0.410 e. The monoisotopic (exact) mass is 616 g/mol. The Morgan fingerprint density at radius 2 is 1.86 bits per heavy atom. The Hall–Kier alpha value is -3.37. The minimum atomic E-state index is -0.702. The third kappa shape index (κ3) is 7.33. The number of amides is 2. The molecule has 0 spiro atoms. The Balaban J connectivity index is 1.72. The summed E-state index contributed by atoms with van der Waals surface area (Å²) in [6.07, 6.45) is -0.435. The molecule has 3 aromatic rings. The first-order valence-electron chi connectivity index (χ1n) is 13.8. The van der Waals surface area contributed by atoms with Gasteiger partial charge in [-0.1, -0.05) is 43.6 Å². The van der Waals surface area contributed by atoms with Gasteiger partial charge in [0.05, 0.1) is 23.2 Å². The molecule has 1 aliphatic rings. The van der Waals surface area contributed by atoms with Crippen LogP contribution in [0.3, 0.4) is 0 Å². The fraction of sp³-hybridized carbons (Fsp3) is 0.419. The highest BCUT2D eigenvalue weighted by atomic mass is 35.5. The topological polar surface area (TPSA) is 75.1 Å². The van der Waals surface area contributed by atoms with E-state index in [0.717, 1.165) is 16.6 Å². The van der Waals surface area contributed by atoms with Gasteiger partial charge in [0, 0.05) is 46.7 Å². The van der Waals surface area contributed by atoms with Gasteiger partial charge in [-0.05, 0) is 51.8 Å². The molecule has 7 nitrogen and oxygen atoms in total. The summed E-state index contributed by atoms with van der Waals surface area (Å²) in [5.41, 5.74) is 2.24. The molecule has 2 heterocycles. The standard InChI is InChI=1S/C31H35ClF2N4O3S/c1-18(2)28-26(42-17-35-28)15-27(39)36-29(38-12-11-37(16-19(38)3)30(40)41-31(4,5)6)22-13-23(32)21(14-25(22)34)20-9-7-8-10-24(20)33/h7-10,13-14,17-19H,11-12,15-16H2,1-6H3/t19-/m0/s1. The van der Waals surface area contributed by atoms with Crippen molar-refractivity contribution in [1.29, 1.82) is 0 Å². The van der Waals surface area contributed by atoms with Gasteiger partial charge in [0.25, 0.3) is 5.91 Å². The Bertz CT molecular complexity index is 1500. The van der Waals surface area contributed by atoms with Gasteiger partial charge in [-0.3, -0.25) is 4.79 Å². The molecule has 2 amide bonds. The molecule has 2 aromatic carbocycles. The van der Waals surface area contributed by atoms with E-state index in [0.29, 0.717) is 0 Å². The molecule has 0 N–H and O–H groups in total. The zero-order valence-corrected chi connectivity index (χ0v) is 26.2. The maximum atomic E-state index is 15.9. The number of benzene rings is 2. The number of halogens is 3. The number of hydrogen-bond acceptors (Lipinski definition) is 5. The average Bonchev–Trinajstić information content (AvgIpc) is 3.36. The van der Waals surface area contributed by atoms with Crippen molar-refractivity contribution in [2.75, 3.05) is 19.6 Å². The minimum Gasteiger partial charge on any atom is -0.444 e. The molecule has 0 radical (unpaired) electrons. The van der Waals surface area contributed by atoms with E-state index in [1.807, 2.05) is 20.8 Å². The second kappa shape index (κ2) is 12.9. The number of carbonyl (C=O) groups is 2. The van der Waals surface area contributed by atoms with Gasteiger partial charge in [0.2, 0.25) is 0 Å². The van der Waals surface area contributed by atoms with Crippen LogP contribution in [0.4, 0.5) is 13.6 Å². The van der Waals surface area contributed by atoms with Crippen LogP contribution in [0.5, 0.6) is 0 Å². The lowest BCUT2D eigenvalue weighted by Crippen LogP contribution is -2.56. The van der Waals surface area contributed by atoms with Crippen molar-refractivity contribution < 1.29 is 23.1 Å². The number of carbonyl (C=O) groups excluding carboxylic acids is 2. The van der Waals surface area contributed by atoms with Crippen LogP contribution in [0.25, 0.3) is 11.1 Å². The lowest BCUT2D eigenvalue weighted by atomic mass is 10.0. The summed E-state index contributed by atoms with van der Waals surface area (Å²) in [6.45, 7) is 12.1. The van der Waals surface area contributed by atoms with E-state index < -0.39 is 29.2 Å². The SMILES string of the molecule is CC(C)c1ncsc1CC(=O)N=C(c1cc(Cl)c(-c2ccccc2F)cc1F)N1CCN(C(=O)OC(C)(C)C)C[C@@H]1C. The van der Waals surface area contributed by atoms with Gasteiger partial charge < -0.3 is 14.5 Å². The molecule has 4 rings (SSSR count). The second-order valence-electron chi connectivity index (χ2n) is 11.6. The van der Waals surface area contributed by atoms with Crippen molar-refractivity contribution in [3.63, 3.8) is 0 Å². The maximum absolute atomic E-state index is 15.9. The number of thiazole rings is 1. The highest BCUT2D eigenvalue weighted by Crippen LogP contribution is 2.33. The van der Waals surface area contributed by atoms with E-state index in [-0.39, 0.29) is 65.6 Å². The van der Waals surface area contributed by atoms with Crippen LogP contribution < -0.4 is 0 Å². The molecule has 42 heavy (non-hydrogen) atoms. The number of aliphatic imine (C=N–C) groups is 1. The number of ether oxygens (including phenoxy) is 1. The lowest BCUT2D eigenvalue weighted by molar-refractivity contribution is -0.117. The summed E-state index contributed by atoms with van der Waals surface area (Å²) in [6, 6.07) is 8.19. The van der Waals surface area contributed by atoms with Crippen LogP contribution in [-0.4, -0.2) is 63.9 Å². The number of amidine groups is 1. The Morgan fingerprint density at radius 1 is 1.14 bits per heavy atom. The normalized spacial score (nSPS) is 16.2. The van der Waals surface area contributed by atoms with E-state index in [2.05, 4.69) is 9.98 Å². The molecular weight excluding hydrogens is 582 g/mol. The van der Waals surface area contributed by atoms with Gasteiger partial charge in [0.1, 0.15) is 23.1 Å². The molecule has 0 bridgehead atoms. The van der Waals surface area contributed by atoms with E-state index in [4.69, 9.17) is 16.3 Å². The van der Waals surface area contributed by atoms with Gasteiger partial charge in [-0.15, -0.1) is 11.3 Å². The summed E-state index contributed by atoms with van der Waals surface area (Å²) in [5.74, 6) is -1.47. The number of nitrogens with zero attached hydrogens (tertiary/aromatic N) is 4. The number of rotatable bonds is 5. The summed E-state index contributed by atoms with van der Waals surface area (Å²) in [7, 11) is 0. The van der Waals surface area contributed by atoms with E-state index in [9.17, 15) is 14.0 Å². The molecular formula is C31H35ClF2N4O3S. The van der Waals surface area contributed by atoms with E-state index in [1.54, 1.807) is 48.2 Å². The number of aromatic nitrogens is 1. The zero-order valence-electron chi connectivity index (χ0n) is 24.6. The predicted molar refractivity (Wildman–Crippen MR) is 162 cm³/mol. The van der Waals surface area contributed by atoms with Gasteiger partial charge in [0.15, 0.2) is 0 Å². The first-order valence-corrected chi connectivity index (χ1v) is 15.0. The summed E-state index contributed by atoms with van der Waals surface area (Å²) < 4.78 is 35.9. The van der Waals surface area contributed by atoms with Crippen LogP contribution in [0, 0.1) is 11.6 Å². The summed E-state index contributed by atoms with van der Waals surface area (Å²) in [4.78, 5) is 39.1. The molecule has 0 aliphatic carbocycles. The first-order chi connectivity index (χ1) is 19.7. The molecule has 0 unspecified atom stereocenters. The van der Waals surface area contributed by atoms with Crippen LogP contribution >= 0.6 is 22.9 Å². The van der Waals surface area contributed by atoms with E-state index in [1.165, 1.54) is 29.5 Å².